The van der Waals surface area contributed by atoms with Crippen LogP contribution in [0.4, 0.5) is 0 Å². The van der Waals surface area contributed by atoms with Gasteiger partial charge in [-0.2, -0.15) is 0 Å². The van der Waals surface area contributed by atoms with Crippen molar-refractivity contribution in [1.29, 1.82) is 0 Å². The van der Waals surface area contributed by atoms with E-state index < -0.39 is 16.0 Å². The summed E-state index contributed by atoms with van der Waals surface area (Å²) in [6.45, 7) is 6.57. The molecule has 7 nitrogen and oxygen atoms in total. The van der Waals surface area contributed by atoms with Crippen molar-refractivity contribution in [2.75, 3.05) is 26.2 Å². The third-order valence-electron chi connectivity index (χ3n) is 3.97. The van der Waals surface area contributed by atoms with Crippen LogP contribution in [0.15, 0.2) is 15.4 Å². The third-order valence-corrected chi connectivity index (χ3v) is 5.54. The molecule has 124 valence electrons. The van der Waals surface area contributed by atoms with E-state index in [1.54, 1.807) is 0 Å². The smallest absolute Gasteiger partial charge is 0.371 e. The molecule has 0 radical (unpaired) electrons. The van der Waals surface area contributed by atoms with E-state index in [0.29, 0.717) is 13.1 Å². The topological polar surface area (TPSA) is 99.8 Å². The Bertz CT molecular complexity index is 630. The van der Waals surface area contributed by atoms with Gasteiger partial charge in [-0.15, -0.1) is 0 Å². The van der Waals surface area contributed by atoms with E-state index in [-0.39, 0.29) is 16.4 Å². The number of aromatic carboxylic acids is 1. The van der Waals surface area contributed by atoms with Crippen LogP contribution in [0.1, 0.15) is 36.1 Å². The first-order valence-electron chi connectivity index (χ1n) is 7.35. The molecule has 1 fully saturated rings. The molecule has 1 aliphatic heterocycles. The van der Waals surface area contributed by atoms with E-state index in [9.17, 15) is 13.2 Å². The van der Waals surface area contributed by atoms with Gasteiger partial charge in [0.05, 0.1) is 0 Å². The predicted molar refractivity (Wildman–Crippen MR) is 80.4 cm³/mol. The van der Waals surface area contributed by atoms with Crippen LogP contribution >= 0.6 is 0 Å². The molecule has 8 heteroatoms. The lowest BCUT2D eigenvalue weighted by molar-refractivity contribution is 0.0661. The van der Waals surface area contributed by atoms with E-state index >= 15 is 0 Å². The van der Waals surface area contributed by atoms with Crippen molar-refractivity contribution >= 4 is 16.0 Å². The summed E-state index contributed by atoms with van der Waals surface area (Å²) in [5.41, 5.74) is 0. The van der Waals surface area contributed by atoms with Crippen LogP contribution < -0.4 is 4.72 Å². The minimum atomic E-state index is -3.75. The Balaban J connectivity index is 1.92. The van der Waals surface area contributed by atoms with Gasteiger partial charge in [0.15, 0.2) is 0 Å². The Hall–Kier alpha value is -1.38. The van der Waals surface area contributed by atoms with E-state index in [4.69, 9.17) is 9.52 Å². The van der Waals surface area contributed by atoms with Gasteiger partial charge < -0.3 is 14.4 Å². The Kier molecular flexibility index (Phi) is 5.25. The van der Waals surface area contributed by atoms with Crippen molar-refractivity contribution in [1.82, 2.24) is 9.62 Å². The summed E-state index contributed by atoms with van der Waals surface area (Å²) in [5, 5.41) is 8.84. The Labute approximate surface area is 130 Å². The zero-order valence-corrected chi connectivity index (χ0v) is 13.6. The number of aryl methyl sites for hydroxylation is 1. The summed E-state index contributed by atoms with van der Waals surface area (Å²) in [6.07, 6.45) is 2.27. The number of furan rings is 1. The van der Waals surface area contributed by atoms with Gasteiger partial charge in [-0.1, -0.05) is 6.92 Å². The van der Waals surface area contributed by atoms with Gasteiger partial charge >= 0.3 is 5.97 Å². The highest BCUT2D eigenvalue weighted by Gasteiger charge is 2.24. The lowest BCUT2D eigenvalue weighted by Gasteiger charge is -2.30. The number of piperidine rings is 1. The molecular weight excluding hydrogens is 308 g/mol. The van der Waals surface area contributed by atoms with Crippen LogP contribution in [0.25, 0.3) is 0 Å². The molecule has 0 bridgehead atoms. The van der Waals surface area contributed by atoms with Crippen LogP contribution in [-0.4, -0.2) is 50.6 Å². The van der Waals surface area contributed by atoms with Crippen LogP contribution in [0, 0.1) is 12.8 Å². The van der Waals surface area contributed by atoms with Crippen LogP contribution in [0.2, 0.25) is 0 Å². The van der Waals surface area contributed by atoms with Crippen LogP contribution in [-0.2, 0) is 10.0 Å². The number of sulfonamides is 1. The molecule has 0 aliphatic carbocycles. The second-order valence-electron chi connectivity index (χ2n) is 5.76. The summed E-state index contributed by atoms with van der Waals surface area (Å²) in [5.74, 6) is -0.845. The fourth-order valence-electron chi connectivity index (χ4n) is 2.54. The largest absolute Gasteiger partial charge is 0.475 e. The minimum Gasteiger partial charge on any atom is -0.475 e. The molecule has 0 aromatic carbocycles. The van der Waals surface area contributed by atoms with Gasteiger partial charge in [0.1, 0.15) is 10.7 Å². The van der Waals surface area contributed by atoms with Crippen molar-refractivity contribution in [2.24, 2.45) is 5.92 Å². The first-order valence-corrected chi connectivity index (χ1v) is 8.83. The first kappa shape index (κ1) is 17.0. The maximum atomic E-state index is 12.2. The first-order chi connectivity index (χ1) is 10.3. The number of hydrogen-bond donors (Lipinski definition) is 2. The SMILES string of the molecule is Cc1oc(C(=O)O)cc1S(=O)(=O)NCCN1CCC(C)CC1. The zero-order valence-electron chi connectivity index (χ0n) is 12.8. The molecule has 0 saturated carbocycles. The quantitative estimate of drug-likeness (QED) is 0.815. The van der Waals surface area contributed by atoms with Crippen molar-refractivity contribution in [3.8, 4) is 0 Å². The minimum absolute atomic E-state index is 0.0803. The highest BCUT2D eigenvalue weighted by Crippen LogP contribution is 2.20. The molecule has 2 heterocycles. The molecule has 1 aromatic heterocycles. The molecule has 22 heavy (non-hydrogen) atoms. The number of nitrogens with one attached hydrogen (secondary N) is 1. The van der Waals surface area contributed by atoms with E-state index in [1.165, 1.54) is 6.92 Å². The molecule has 0 spiro atoms. The second kappa shape index (κ2) is 6.80. The number of hydrogen-bond acceptors (Lipinski definition) is 5. The number of rotatable bonds is 6. The second-order valence-corrected chi connectivity index (χ2v) is 7.49. The van der Waals surface area contributed by atoms with Crippen LogP contribution in [0.3, 0.4) is 0 Å². The molecule has 1 aliphatic rings. The lowest BCUT2D eigenvalue weighted by atomic mass is 9.99. The standard InChI is InChI=1S/C14H22N2O5S/c1-10-3-6-16(7-4-10)8-5-15-22(19,20)13-9-12(14(17)18)21-11(13)2/h9-10,15H,3-8H2,1-2H3,(H,17,18). The van der Waals surface area contributed by atoms with Crippen molar-refractivity contribution in [2.45, 2.75) is 31.6 Å². The molecular formula is C14H22N2O5S. The molecule has 2 rings (SSSR count). The Morgan fingerprint density at radius 3 is 2.64 bits per heavy atom. The fraction of sp³-hybridized carbons (Fsp3) is 0.643. The molecule has 1 aromatic rings. The summed E-state index contributed by atoms with van der Waals surface area (Å²) in [4.78, 5) is 12.9. The number of likely N-dealkylation sites (tertiary alicyclic amines) is 1. The molecule has 1 saturated heterocycles. The maximum Gasteiger partial charge on any atom is 0.371 e. The molecule has 0 unspecified atom stereocenters. The van der Waals surface area contributed by atoms with Crippen LogP contribution in [0.5, 0.6) is 0 Å². The average molecular weight is 330 g/mol. The predicted octanol–water partition coefficient (Wildman–Crippen LogP) is 1.30. The monoisotopic (exact) mass is 330 g/mol. The maximum absolute atomic E-state index is 12.2. The Morgan fingerprint density at radius 2 is 2.09 bits per heavy atom. The van der Waals surface area contributed by atoms with E-state index in [1.807, 2.05) is 0 Å². The number of carboxylic acid groups (broad SMARTS) is 1. The van der Waals surface area contributed by atoms with Gasteiger partial charge in [-0.3, -0.25) is 0 Å². The summed E-state index contributed by atoms with van der Waals surface area (Å²) < 4.78 is 31.8. The van der Waals surface area contributed by atoms with E-state index in [2.05, 4.69) is 16.5 Å². The molecule has 0 amide bonds. The average Bonchev–Trinajstić information content (AvgIpc) is 2.84. The normalized spacial score (nSPS) is 17.7. The van der Waals surface area contributed by atoms with Gasteiger partial charge in [-0.05, 0) is 38.8 Å². The molecule has 0 atom stereocenters. The number of carbonyl (C=O) groups is 1. The summed E-state index contributed by atoms with van der Waals surface area (Å²) in [7, 11) is -3.75. The van der Waals surface area contributed by atoms with Gasteiger partial charge in [0, 0.05) is 19.2 Å². The van der Waals surface area contributed by atoms with E-state index in [0.717, 1.165) is 37.9 Å². The highest BCUT2D eigenvalue weighted by atomic mass is 32.2. The third kappa shape index (κ3) is 4.08. The number of carboxylic acids is 1. The van der Waals surface area contributed by atoms with Crippen molar-refractivity contribution < 1.29 is 22.7 Å². The summed E-state index contributed by atoms with van der Waals surface area (Å²) in [6, 6.07) is 1.04. The highest BCUT2D eigenvalue weighted by molar-refractivity contribution is 7.89. The Morgan fingerprint density at radius 1 is 1.45 bits per heavy atom. The lowest BCUT2D eigenvalue weighted by Crippen LogP contribution is -2.39. The van der Waals surface area contributed by atoms with Crippen molar-refractivity contribution in [3.63, 3.8) is 0 Å². The van der Waals surface area contributed by atoms with Gasteiger partial charge in [-0.25, -0.2) is 17.9 Å². The van der Waals surface area contributed by atoms with Crippen molar-refractivity contribution in [3.05, 3.63) is 17.6 Å². The molecule has 2 N–H and O–H groups in total. The zero-order chi connectivity index (χ0) is 16.3. The fourth-order valence-corrected chi connectivity index (χ4v) is 3.74. The summed E-state index contributed by atoms with van der Waals surface area (Å²) >= 11 is 0. The number of nitrogens with zero attached hydrogens (tertiary/aromatic N) is 1. The van der Waals surface area contributed by atoms with Gasteiger partial charge in [0.2, 0.25) is 15.8 Å². The van der Waals surface area contributed by atoms with Gasteiger partial charge in [0.25, 0.3) is 0 Å².